The third-order valence-electron chi connectivity index (χ3n) is 4.60. The number of carboxylic acids is 2. The Balaban J connectivity index is 2.29. The number of hydrogen-bond acceptors (Lipinski definition) is 6. The number of aliphatic carboxylic acids is 1. The predicted octanol–water partition coefficient (Wildman–Crippen LogP) is 2.35. The summed E-state index contributed by atoms with van der Waals surface area (Å²) in [6, 6.07) is 3.30. The summed E-state index contributed by atoms with van der Waals surface area (Å²) in [5.41, 5.74) is -1.77. The molecule has 1 aliphatic heterocycles. The summed E-state index contributed by atoms with van der Waals surface area (Å²) >= 11 is 0. The molecule has 1 unspecified atom stereocenters. The Kier molecular flexibility index (Phi) is 7.37. The van der Waals surface area contributed by atoms with Gasteiger partial charge in [0, 0.05) is 6.07 Å². The van der Waals surface area contributed by atoms with Crippen molar-refractivity contribution in [2.24, 2.45) is 4.99 Å². The largest absolute Gasteiger partial charge is 0.478 e. The average molecular weight is 419 g/mol. The minimum atomic E-state index is -1.49. The zero-order valence-electron chi connectivity index (χ0n) is 16.4. The lowest BCUT2D eigenvalue weighted by Gasteiger charge is -2.25. The Hall–Kier alpha value is -3.60. The molecule has 0 spiro atoms. The van der Waals surface area contributed by atoms with E-state index in [9.17, 15) is 34.7 Å². The molecule has 1 aromatic rings. The predicted molar refractivity (Wildman–Crippen MR) is 106 cm³/mol. The Morgan fingerprint density at radius 1 is 1.20 bits per heavy atom. The van der Waals surface area contributed by atoms with Gasteiger partial charge in [-0.15, -0.1) is 0 Å². The number of rotatable bonds is 11. The molecule has 0 saturated carbocycles. The SMILES string of the molecule is CCCCCC[N+]1(CC(=O)O)C=NC(NC(=O)c2c(C(=O)O)cccc2[N+](=O)[O-])=C1. The molecule has 0 aliphatic carbocycles. The lowest BCUT2D eigenvalue weighted by molar-refractivity contribution is -0.771. The highest BCUT2D eigenvalue weighted by Gasteiger charge is 2.34. The van der Waals surface area contributed by atoms with Crippen LogP contribution in [0.25, 0.3) is 0 Å². The van der Waals surface area contributed by atoms with Crippen LogP contribution >= 0.6 is 0 Å². The van der Waals surface area contributed by atoms with Crippen LogP contribution < -0.4 is 5.32 Å². The highest BCUT2D eigenvalue weighted by Crippen LogP contribution is 2.24. The zero-order valence-corrected chi connectivity index (χ0v) is 16.4. The number of nitro benzene ring substituents is 1. The molecular formula is C19H23N4O7+. The number of quaternary nitrogens is 1. The van der Waals surface area contributed by atoms with Crippen molar-refractivity contribution in [2.75, 3.05) is 13.1 Å². The maximum atomic E-state index is 12.7. The van der Waals surface area contributed by atoms with Crippen molar-refractivity contribution in [2.45, 2.75) is 32.6 Å². The minimum Gasteiger partial charge on any atom is -0.478 e. The summed E-state index contributed by atoms with van der Waals surface area (Å²) in [5.74, 6) is -3.54. The van der Waals surface area contributed by atoms with Gasteiger partial charge in [0.25, 0.3) is 11.6 Å². The van der Waals surface area contributed by atoms with Crippen molar-refractivity contribution < 1.29 is 34.0 Å². The molecule has 0 saturated heterocycles. The smallest absolute Gasteiger partial charge is 0.360 e. The van der Waals surface area contributed by atoms with E-state index in [1.807, 2.05) is 0 Å². The fraction of sp³-hybridized carbons (Fsp3) is 0.368. The summed E-state index contributed by atoms with van der Waals surface area (Å²) in [4.78, 5) is 49.9. The number of aromatic carboxylic acids is 1. The monoisotopic (exact) mass is 419 g/mol. The van der Waals surface area contributed by atoms with Crippen molar-refractivity contribution in [1.82, 2.24) is 5.32 Å². The molecule has 3 N–H and O–H groups in total. The number of carbonyl (C=O) groups is 3. The quantitative estimate of drug-likeness (QED) is 0.215. The van der Waals surface area contributed by atoms with E-state index in [0.29, 0.717) is 6.54 Å². The third-order valence-corrected chi connectivity index (χ3v) is 4.60. The maximum Gasteiger partial charge on any atom is 0.360 e. The summed E-state index contributed by atoms with van der Waals surface area (Å²) in [5, 5.41) is 32.2. The van der Waals surface area contributed by atoms with E-state index in [0.717, 1.165) is 37.8 Å². The molecule has 11 nitrogen and oxygen atoms in total. The van der Waals surface area contributed by atoms with Crippen molar-refractivity contribution in [3.63, 3.8) is 0 Å². The van der Waals surface area contributed by atoms with Crippen LogP contribution in [0.1, 0.15) is 53.3 Å². The van der Waals surface area contributed by atoms with Gasteiger partial charge in [-0.25, -0.2) is 14.1 Å². The topological polar surface area (TPSA) is 159 Å². The van der Waals surface area contributed by atoms with E-state index < -0.39 is 39.6 Å². The molecule has 0 radical (unpaired) electrons. The van der Waals surface area contributed by atoms with E-state index >= 15 is 0 Å². The van der Waals surface area contributed by atoms with Crippen LogP contribution in [0.4, 0.5) is 5.69 Å². The number of nitro groups is 1. The molecule has 160 valence electrons. The van der Waals surface area contributed by atoms with Gasteiger partial charge in [0.1, 0.15) is 11.8 Å². The first-order valence-electron chi connectivity index (χ1n) is 9.37. The van der Waals surface area contributed by atoms with Gasteiger partial charge in [0.2, 0.25) is 0 Å². The fourth-order valence-corrected chi connectivity index (χ4v) is 3.21. The Morgan fingerprint density at radius 3 is 2.53 bits per heavy atom. The highest BCUT2D eigenvalue weighted by atomic mass is 16.6. The molecule has 0 bridgehead atoms. The molecule has 0 fully saturated rings. The summed E-state index contributed by atoms with van der Waals surface area (Å²) in [7, 11) is 0. The van der Waals surface area contributed by atoms with E-state index in [1.165, 1.54) is 18.6 Å². The van der Waals surface area contributed by atoms with Crippen molar-refractivity contribution in [3.05, 3.63) is 51.5 Å². The standard InChI is InChI=1S/C19H22N4O7/c1-2-3-4-5-9-23(11-16(24)25)10-15(20-12-23)21-18(26)17-13(19(27)28)7-6-8-14(17)22(29)30/h6-8,10,12H,2-5,9,11H2,1H3,(H2-,21,24,25,26,27,28)/p+1. The van der Waals surface area contributed by atoms with Crippen molar-refractivity contribution in [3.8, 4) is 0 Å². The molecule has 11 heteroatoms. The van der Waals surface area contributed by atoms with Crippen molar-refractivity contribution in [1.29, 1.82) is 0 Å². The van der Waals surface area contributed by atoms with Crippen LogP contribution in [-0.4, -0.2) is 56.9 Å². The van der Waals surface area contributed by atoms with Crippen LogP contribution in [0.15, 0.2) is 35.2 Å². The number of nitrogens with one attached hydrogen (secondary N) is 1. The van der Waals surface area contributed by atoms with E-state index in [4.69, 9.17) is 0 Å². The van der Waals surface area contributed by atoms with E-state index in [-0.39, 0.29) is 16.8 Å². The third kappa shape index (κ3) is 5.47. The lowest BCUT2D eigenvalue weighted by Crippen LogP contribution is -2.45. The second-order valence-electron chi connectivity index (χ2n) is 6.91. The summed E-state index contributed by atoms with van der Waals surface area (Å²) in [6.07, 6.45) is 6.54. The van der Waals surface area contributed by atoms with Gasteiger partial charge in [0.05, 0.1) is 17.0 Å². The average Bonchev–Trinajstić information content (AvgIpc) is 3.06. The van der Waals surface area contributed by atoms with Crippen LogP contribution in [0.3, 0.4) is 0 Å². The second kappa shape index (κ2) is 9.74. The molecule has 1 aliphatic rings. The Labute approximate surface area is 172 Å². The lowest BCUT2D eigenvalue weighted by atomic mass is 10.0. The first-order chi connectivity index (χ1) is 14.2. The van der Waals surface area contributed by atoms with Crippen LogP contribution in [0.2, 0.25) is 0 Å². The number of benzene rings is 1. The van der Waals surface area contributed by atoms with Gasteiger partial charge in [-0.1, -0.05) is 25.8 Å². The van der Waals surface area contributed by atoms with Crippen molar-refractivity contribution >= 4 is 29.9 Å². The fourth-order valence-electron chi connectivity index (χ4n) is 3.21. The molecule has 30 heavy (non-hydrogen) atoms. The van der Waals surface area contributed by atoms with Gasteiger partial charge in [0.15, 0.2) is 18.7 Å². The second-order valence-corrected chi connectivity index (χ2v) is 6.91. The molecular weight excluding hydrogens is 396 g/mol. The first kappa shape index (κ1) is 22.7. The molecule has 2 rings (SSSR count). The van der Waals surface area contributed by atoms with Gasteiger partial charge >= 0.3 is 11.9 Å². The van der Waals surface area contributed by atoms with Crippen LogP contribution in [-0.2, 0) is 4.79 Å². The summed E-state index contributed by atoms with van der Waals surface area (Å²) in [6.45, 7) is 2.24. The maximum absolute atomic E-state index is 12.7. The number of hydrogen-bond donors (Lipinski definition) is 3. The van der Waals surface area contributed by atoms with E-state index in [1.54, 1.807) is 0 Å². The van der Waals surface area contributed by atoms with Gasteiger partial charge in [-0.3, -0.25) is 14.9 Å². The highest BCUT2D eigenvalue weighted by molar-refractivity contribution is 6.08. The number of nitrogens with zero attached hydrogens (tertiary/aromatic N) is 3. The van der Waals surface area contributed by atoms with Crippen LogP contribution in [0, 0.1) is 10.1 Å². The Morgan fingerprint density at radius 2 is 1.93 bits per heavy atom. The summed E-state index contributed by atoms with van der Waals surface area (Å²) < 4.78 is -0.114. The number of amides is 1. The van der Waals surface area contributed by atoms with Gasteiger partial charge in [-0.05, 0) is 18.9 Å². The Bertz CT molecular complexity index is 893. The van der Waals surface area contributed by atoms with Gasteiger partial charge < -0.3 is 15.5 Å². The van der Waals surface area contributed by atoms with E-state index in [2.05, 4.69) is 17.2 Å². The number of carboxylic acid groups (broad SMARTS) is 2. The molecule has 1 atom stereocenters. The molecule has 1 heterocycles. The molecule has 0 aromatic heterocycles. The number of unbranched alkanes of at least 4 members (excludes halogenated alkanes) is 3. The zero-order chi connectivity index (χ0) is 22.3. The van der Waals surface area contributed by atoms with Crippen LogP contribution in [0.5, 0.6) is 0 Å². The normalized spacial score (nSPS) is 17.4. The number of aliphatic imine (C=N–C) groups is 1. The first-order valence-corrected chi connectivity index (χ1v) is 9.37. The molecule has 1 aromatic carbocycles. The van der Waals surface area contributed by atoms with Gasteiger partial charge in [-0.2, -0.15) is 4.99 Å². The molecule has 1 amide bonds. The minimum absolute atomic E-state index is 0.00577. The number of carbonyl (C=O) groups excluding carboxylic acids is 1.